The highest BCUT2D eigenvalue weighted by Gasteiger charge is 2.23. The summed E-state index contributed by atoms with van der Waals surface area (Å²) in [5.41, 5.74) is 7.18. The van der Waals surface area contributed by atoms with E-state index in [1.807, 2.05) is 18.4 Å². The van der Waals surface area contributed by atoms with Gasteiger partial charge in [-0.3, -0.25) is 14.5 Å². The Morgan fingerprint density at radius 3 is 2.66 bits per heavy atom. The van der Waals surface area contributed by atoms with Crippen LogP contribution in [0.5, 0.6) is 0 Å². The summed E-state index contributed by atoms with van der Waals surface area (Å²) in [6.07, 6.45) is 5.67. The molecule has 0 unspecified atom stereocenters. The van der Waals surface area contributed by atoms with Gasteiger partial charge in [-0.2, -0.15) is 0 Å². The molecular weight excluding hydrogens is 452 g/mol. The fraction of sp³-hybridized carbons (Fsp3) is 0.143. The Labute approximate surface area is 189 Å². The van der Waals surface area contributed by atoms with Crippen LogP contribution in [0.3, 0.4) is 0 Å². The lowest BCUT2D eigenvalue weighted by Crippen LogP contribution is -2.14. The van der Waals surface area contributed by atoms with Crippen molar-refractivity contribution in [2.75, 3.05) is 10.5 Å². The number of hydrogen-bond acceptors (Lipinski definition) is 7. The monoisotopic (exact) mass is 470 g/mol. The fourth-order valence-electron chi connectivity index (χ4n) is 3.32. The summed E-state index contributed by atoms with van der Waals surface area (Å²) in [5.74, 6) is -0.205. The molecule has 164 valence electrons. The van der Waals surface area contributed by atoms with Crippen LogP contribution in [0.1, 0.15) is 35.8 Å². The van der Waals surface area contributed by atoms with Crippen molar-refractivity contribution >= 4 is 49.9 Å². The van der Waals surface area contributed by atoms with Gasteiger partial charge < -0.3 is 10.3 Å². The first kappa shape index (κ1) is 21.7. The number of benzene rings is 1. The maximum absolute atomic E-state index is 13.3. The molecule has 0 spiro atoms. The van der Waals surface area contributed by atoms with E-state index in [0.717, 1.165) is 0 Å². The number of nitrogen functional groups attached to an aromatic ring is 1. The van der Waals surface area contributed by atoms with Crippen LogP contribution in [0.15, 0.2) is 60.1 Å². The molecule has 0 aliphatic heterocycles. The number of fused-ring (bicyclic) bond motifs is 1. The molecule has 0 radical (unpaired) electrons. The average molecular weight is 471 g/mol. The number of anilines is 2. The lowest BCUT2D eigenvalue weighted by Gasteiger charge is -2.10. The molecule has 0 amide bonds. The number of carbonyl (C=O) groups excluding carboxylic acids is 1. The predicted octanol–water partition coefficient (Wildman–Crippen LogP) is 3.67. The van der Waals surface area contributed by atoms with Gasteiger partial charge in [-0.1, -0.05) is 23.7 Å². The van der Waals surface area contributed by atoms with Crippen molar-refractivity contribution in [2.45, 2.75) is 24.8 Å². The smallest absolute Gasteiger partial charge is 0.263 e. The van der Waals surface area contributed by atoms with Crippen molar-refractivity contribution in [3.8, 4) is 0 Å². The van der Waals surface area contributed by atoms with E-state index >= 15 is 0 Å². The maximum Gasteiger partial charge on any atom is 0.263 e. The number of rotatable bonds is 6. The topological polar surface area (TPSA) is 133 Å². The van der Waals surface area contributed by atoms with Crippen LogP contribution in [-0.2, 0) is 10.0 Å². The van der Waals surface area contributed by atoms with E-state index < -0.39 is 10.0 Å². The standard InChI is InChI=1S/C21H19ClN6O3S/c1-12(2)28-10-15(18-20(23)25-11-26-21(18)28)19(29)13-7-14(9-24-8-13)27-32(30,31)17-6-4-3-5-16(17)22/h3-12,27H,1-2H3,(H2,23,25,26). The predicted molar refractivity (Wildman–Crippen MR) is 122 cm³/mol. The number of nitrogens with zero attached hydrogens (tertiary/aromatic N) is 4. The zero-order chi connectivity index (χ0) is 23.0. The van der Waals surface area contributed by atoms with E-state index in [0.29, 0.717) is 16.6 Å². The van der Waals surface area contributed by atoms with Crippen molar-refractivity contribution in [3.63, 3.8) is 0 Å². The Kier molecular flexibility index (Phi) is 5.57. The lowest BCUT2D eigenvalue weighted by atomic mass is 10.1. The molecule has 0 aliphatic carbocycles. The van der Waals surface area contributed by atoms with Crippen molar-refractivity contribution in [3.05, 3.63) is 71.4 Å². The second kappa shape index (κ2) is 8.21. The van der Waals surface area contributed by atoms with Gasteiger partial charge in [-0.05, 0) is 32.0 Å². The first-order valence-corrected chi connectivity index (χ1v) is 11.4. The molecule has 3 aromatic heterocycles. The molecule has 0 saturated carbocycles. The molecule has 0 atom stereocenters. The summed E-state index contributed by atoms with van der Waals surface area (Å²) in [5, 5.41) is 0.519. The highest BCUT2D eigenvalue weighted by molar-refractivity contribution is 7.92. The minimum atomic E-state index is -3.98. The molecular formula is C21H19ClN6O3S. The molecule has 1 aromatic carbocycles. The summed E-state index contributed by atoms with van der Waals surface area (Å²) < 4.78 is 29.7. The third kappa shape index (κ3) is 3.90. The molecule has 11 heteroatoms. The van der Waals surface area contributed by atoms with E-state index in [1.165, 1.54) is 36.9 Å². The average Bonchev–Trinajstić information content (AvgIpc) is 3.14. The highest BCUT2D eigenvalue weighted by atomic mass is 35.5. The molecule has 4 rings (SSSR count). The summed E-state index contributed by atoms with van der Waals surface area (Å²) in [6, 6.07) is 7.49. The first-order chi connectivity index (χ1) is 15.2. The normalized spacial score (nSPS) is 11.8. The summed E-state index contributed by atoms with van der Waals surface area (Å²) in [7, 11) is -3.98. The van der Waals surface area contributed by atoms with Crippen LogP contribution < -0.4 is 10.5 Å². The lowest BCUT2D eigenvalue weighted by molar-refractivity contribution is 0.103. The van der Waals surface area contributed by atoms with Gasteiger partial charge in [0.25, 0.3) is 10.0 Å². The second-order valence-electron chi connectivity index (χ2n) is 7.33. The number of pyridine rings is 1. The third-order valence-electron chi connectivity index (χ3n) is 4.82. The molecule has 32 heavy (non-hydrogen) atoms. The summed E-state index contributed by atoms with van der Waals surface area (Å²) >= 11 is 6.02. The van der Waals surface area contributed by atoms with E-state index in [9.17, 15) is 13.2 Å². The molecule has 0 fully saturated rings. The number of ketones is 1. The van der Waals surface area contributed by atoms with Crippen LogP contribution in [0.4, 0.5) is 11.5 Å². The fourth-order valence-corrected chi connectivity index (χ4v) is 4.88. The number of nitrogens with one attached hydrogen (secondary N) is 1. The number of nitrogens with two attached hydrogens (primary N) is 1. The zero-order valence-electron chi connectivity index (χ0n) is 17.2. The number of aromatic nitrogens is 4. The van der Waals surface area contributed by atoms with Crippen molar-refractivity contribution < 1.29 is 13.2 Å². The van der Waals surface area contributed by atoms with Crippen LogP contribution in [-0.4, -0.2) is 33.7 Å². The Hall–Kier alpha value is -3.50. The number of hydrogen-bond donors (Lipinski definition) is 2. The van der Waals surface area contributed by atoms with Crippen LogP contribution in [0.25, 0.3) is 11.0 Å². The highest BCUT2D eigenvalue weighted by Crippen LogP contribution is 2.29. The molecule has 3 N–H and O–H groups in total. The van der Waals surface area contributed by atoms with E-state index in [1.54, 1.807) is 18.3 Å². The molecule has 0 saturated heterocycles. The summed E-state index contributed by atoms with van der Waals surface area (Å²) in [4.78, 5) is 25.5. The van der Waals surface area contributed by atoms with Gasteiger partial charge in [0, 0.05) is 24.0 Å². The van der Waals surface area contributed by atoms with E-state index in [-0.39, 0.29) is 38.8 Å². The molecule has 3 heterocycles. The Morgan fingerprint density at radius 1 is 1.19 bits per heavy atom. The van der Waals surface area contributed by atoms with Crippen LogP contribution in [0.2, 0.25) is 5.02 Å². The third-order valence-corrected chi connectivity index (χ3v) is 6.70. The van der Waals surface area contributed by atoms with Crippen molar-refractivity contribution in [1.82, 2.24) is 19.5 Å². The van der Waals surface area contributed by atoms with Gasteiger partial charge in [0.1, 0.15) is 22.7 Å². The van der Waals surface area contributed by atoms with Gasteiger partial charge in [0.2, 0.25) is 0 Å². The van der Waals surface area contributed by atoms with Gasteiger partial charge in [0.15, 0.2) is 5.78 Å². The van der Waals surface area contributed by atoms with Crippen molar-refractivity contribution in [2.24, 2.45) is 0 Å². The first-order valence-electron chi connectivity index (χ1n) is 9.57. The largest absolute Gasteiger partial charge is 0.383 e. The van der Waals surface area contributed by atoms with Crippen molar-refractivity contribution in [1.29, 1.82) is 0 Å². The second-order valence-corrected chi connectivity index (χ2v) is 9.39. The minimum Gasteiger partial charge on any atom is -0.383 e. The number of carbonyl (C=O) groups is 1. The minimum absolute atomic E-state index is 0.0280. The van der Waals surface area contributed by atoms with Gasteiger partial charge in [-0.25, -0.2) is 18.4 Å². The van der Waals surface area contributed by atoms with E-state index in [4.69, 9.17) is 17.3 Å². The van der Waals surface area contributed by atoms with Gasteiger partial charge in [0.05, 0.1) is 27.9 Å². The Morgan fingerprint density at radius 2 is 1.94 bits per heavy atom. The Balaban J connectivity index is 1.74. The van der Waals surface area contributed by atoms with Crippen LogP contribution >= 0.6 is 11.6 Å². The van der Waals surface area contributed by atoms with Crippen LogP contribution in [0, 0.1) is 0 Å². The van der Waals surface area contributed by atoms with E-state index in [2.05, 4.69) is 19.7 Å². The molecule has 0 aliphatic rings. The van der Waals surface area contributed by atoms with Gasteiger partial charge >= 0.3 is 0 Å². The number of sulfonamides is 1. The van der Waals surface area contributed by atoms with Gasteiger partial charge in [-0.15, -0.1) is 0 Å². The summed E-state index contributed by atoms with van der Waals surface area (Å²) in [6.45, 7) is 3.91. The SMILES string of the molecule is CC(C)n1cc(C(=O)c2cncc(NS(=O)(=O)c3ccccc3Cl)c2)c2c(N)ncnc21. The molecule has 0 bridgehead atoms. The number of halogens is 1. The molecule has 9 nitrogen and oxygen atoms in total. The quantitative estimate of drug-likeness (QED) is 0.410. The Bertz CT molecular complexity index is 1450. The zero-order valence-corrected chi connectivity index (χ0v) is 18.7. The maximum atomic E-state index is 13.3. The molecule has 4 aromatic rings.